The molecule has 1 nitrogen and oxygen atoms in total. The molecule has 0 aromatic carbocycles. The summed E-state index contributed by atoms with van der Waals surface area (Å²) in [5.41, 5.74) is 3.03. The average Bonchev–Trinajstić information content (AvgIpc) is 2.08. The Labute approximate surface area is 79.2 Å². The van der Waals surface area contributed by atoms with Crippen LogP contribution < -0.4 is 0 Å². The summed E-state index contributed by atoms with van der Waals surface area (Å²) < 4.78 is 0. The van der Waals surface area contributed by atoms with E-state index in [4.69, 9.17) is 0 Å². The number of nitrogens with zero attached hydrogens (tertiary/aromatic N) is 1. The summed E-state index contributed by atoms with van der Waals surface area (Å²) in [4.78, 5) is 4.15. The van der Waals surface area contributed by atoms with E-state index in [9.17, 15) is 0 Å². The lowest BCUT2D eigenvalue weighted by Gasteiger charge is -2.05. The molecule has 0 saturated carbocycles. The van der Waals surface area contributed by atoms with Crippen molar-refractivity contribution < 1.29 is 0 Å². The van der Waals surface area contributed by atoms with Crippen molar-refractivity contribution >= 4 is 5.71 Å². The van der Waals surface area contributed by atoms with Crippen molar-refractivity contribution in [1.29, 1.82) is 0 Å². The summed E-state index contributed by atoms with van der Waals surface area (Å²) in [5.74, 6) is 0. The van der Waals surface area contributed by atoms with E-state index in [2.05, 4.69) is 18.2 Å². The lowest BCUT2D eigenvalue weighted by molar-refractivity contribution is 1.50. The van der Waals surface area contributed by atoms with Crippen molar-refractivity contribution in [3.8, 4) is 0 Å². The highest BCUT2D eigenvalue weighted by Gasteiger charge is 2.01. The van der Waals surface area contributed by atoms with Gasteiger partial charge in [-0.1, -0.05) is 43.0 Å². The largest absolute Gasteiger partial charge is 0.257 e. The third-order valence-corrected chi connectivity index (χ3v) is 1.57. The Morgan fingerprint density at radius 1 is 1.38 bits per heavy atom. The molecule has 0 fully saturated rings. The van der Waals surface area contributed by atoms with E-state index < -0.39 is 0 Å². The van der Waals surface area contributed by atoms with Gasteiger partial charge in [0.1, 0.15) is 0 Å². The van der Waals surface area contributed by atoms with Crippen LogP contribution in [0.15, 0.2) is 65.9 Å². The van der Waals surface area contributed by atoms with Crippen LogP contribution in [-0.2, 0) is 0 Å². The first-order valence-electron chi connectivity index (χ1n) is 4.15. The molecule has 1 aliphatic carbocycles. The zero-order valence-electron chi connectivity index (χ0n) is 7.83. The van der Waals surface area contributed by atoms with Crippen LogP contribution in [0.4, 0.5) is 0 Å². The van der Waals surface area contributed by atoms with Crippen molar-refractivity contribution in [2.45, 2.75) is 6.92 Å². The Kier molecular flexibility index (Phi) is 3.21. The number of aliphatic imine (C=N–C) groups is 1. The minimum Gasteiger partial charge on any atom is -0.257 e. The topological polar surface area (TPSA) is 12.4 Å². The summed E-state index contributed by atoms with van der Waals surface area (Å²) in [6.45, 7) is 9.36. The molecule has 0 unspecified atom stereocenters. The zero-order chi connectivity index (χ0) is 9.68. The maximum absolute atomic E-state index is 4.15. The van der Waals surface area contributed by atoms with Crippen molar-refractivity contribution in [3.05, 3.63) is 60.9 Å². The highest BCUT2D eigenvalue weighted by molar-refractivity contribution is 6.12. The molecule has 0 aromatic heterocycles. The highest BCUT2D eigenvalue weighted by atomic mass is 14.7. The van der Waals surface area contributed by atoms with Crippen LogP contribution >= 0.6 is 0 Å². The van der Waals surface area contributed by atoms with Gasteiger partial charge in [-0.25, -0.2) is 0 Å². The fourth-order valence-electron chi connectivity index (χ4n) is 1.09. The molecule has 0 radical (unpaired) electrons. The van der Waals surface area contributed by atoms with Gasteiger partial charge < -0.3 is 0 Å². The van der Waals surface area contributed by atoms with Gasteiger partial charge in [0.05, 0.1) is 5.71 Å². The molecule has 0 aliphatic heterocycles. The van der Waals surface area contributed by atoms with Gasteiger partial charge in [-0.05, 0) is 13.0 Å². The Hall–Kier alpha value is -1.63. The number of rotatable bonds is 2. The highest BCUT2D eigenvalue weighted by Crippen LogP contribution is 2.10. The molecule has 0 saturated heterocycles. The second-order valence-electron chi connectivity index (χ2n) is 2.86. The van der Waals surface area contributed by atoms with Gasteiger partial charge in [0.15, 0.2) is 0 Å². The molecule has 0 bridgehead atoms. The minimum absolute atomic E-state index is 0.931. The Morgan fingerprint density at radius 2 is 2.08 bits per heavy atom. The lowest BCUT2D eigenvalue weighted by Crippen LogP contribution is -1.99. The Bertz CT molecular complexity index is 338. The molecule has 1 aliphatic rings. The second-order valence-corrected chi connectivity index (χ2v) is 2.86. The van der Waals surface area contributed by atoms with Crippen LogP contribution in [0.25, 0.3) is 0 Å². The first kappa shape index (κ1) is 9.46. The van der Waals surface area contributed by atoms with E-state index >= 15 is 0 Å². The lowest BCUT2D eigenvalue weighted by atomic mass is 10.0. The van der Waals surface area contributed by atoms with Crippen LogP contribution in [0.5, 0.6) is 0 Å². The first-order chi connectivity index (χ1) is 6.24. The third-order valence-electron chi connectivity index (χ3n) is 1.57. The van der Waals surface area contributed by atoms with Gasteiger partial charge in [0.2, 0.25) is 0 Å². The monoisotopic (exact) mass is 171 g/mol. The number of hydrogen-bond donors (Lipinski definition) is 0. The maximum atomic E-state index is 4.15. The Balaban J connectivity index is 3.02. The molecule has 0 amide bonds. The average molecular weight is 171 g/mol. The molecule has 0 spiro atoms. The van der Waals surface area contributed by atoms with E-state index in [1.54, 1.807) is 6.20 Å². The number of allylic oxidation sites excluding steroid dienone is 7. The Morgan fingerprint density at radius 3 is 2.69 bits per heavy atom. The van der Waals surface area contributed by atoms with E-state index in [0.717, 1.165) is 16.9 Å². The molecular weight excluding hydrogens is 158 g/mol. The SMILES string of the molecule is C=C/N=C1/C=CC=C/C1=C/C(=C)C. The van der Waals surface area contributed by atoms with E-state index in [1.165, 1.54) is 0 Å². The molecular formula is C12H13N. The summed E-state index contributed by atoms with van der Waals surface area (Å²) >= 11 is 0. The molecule has 13 heavy (non-hydrogen) atoms. The number of hydrogen-bond acceptors (Lipinski definition) is 1. The minimum atomic E-state index is 0.931. The van der Waals surface area contributed by atoms with Crippen LogP contribution in [0.1, 0.15) is 6.92 Å². The van der Waals surface area contributed by atoms with E-state index in [-0.39, 0.29) is 0 Å². The standard InChI is InChI=1S/C12H13N/c1-4-13-12-8-6-5-7-11(12)9-10(2)3/h4-9H,1-2H2,3H3/b11-9-,13-12-. The smallest absolute Gasteiger partial charge is 0.0701 e. The van der Waals surface area contributed by atoms with Crippen molar-refractivity contribution in [3.63, 3.8) is 0 Å². The molecule has 0 aromatic rings. The van der Waals surface area contributed by atoms with Crippen LogP contribution in [0.3, 0.4) is 0 Å². The van der Waals surface area contributed by atoms with Gasteiger partial charge in [0.25, 0.3) is 0 Å². The molecule has 66 valence electrons. The van der Waals surface area contributed by atoms with Gasteiger partial charge in [-0.3, -0.25) is 4.99 Å². The van der Waals surface area contributed by atoms with Crippen molar-refractivity contribution in [1.82, 2.24) is 0 Å². The van der Waals surface area contributed by atoms with Gasteiger partial charge >= 0.3 is 0 Å². The predicted molar refractivity (Wildman–Crippen MR) is 58.8 cm³/mol. The van der Waals surface area contributed by atoms with Crippen molar-refractivity contribution in [2.75, 3.05) is 0 Å². The molecule has 0 heterocycles. The van der Waals surface area contributed by atoms with Gasteiger partial charge in [-0.15, -0.1) is 0 Å². The van der Waals surface area contributed by atoms with E-state index in [1.807, 2.05) is 37.3 Å². The van der Waals surface area contributed by atoms with Gasteiger partial charge in [0, 0.05) is 11.8 Å². The summed E-state index contributed by atoms with van der Waals surface area (Å²) in [7, 11) is 0. The summed E-state index contributed by atoms with van der Waals surface area (Å²) in [6.07, 6.45) is 11.5. The molecule has 1 rings (SSSR count). The fraction of sp³-hybridized carbons (Fsp3) is 0.0833. The van der Waals surface area contributed by atoms with Crippen LogP contribution in [-0.4, -0.2) is 5.71 Å². The van der Waals surface area contributed by atoms with Crippen LogP contribution in [0, 0.1) is 0 Å². The summed E-state index contributed by atoms with van der Waals surface area (Å²) in [6, 6.07) is 0. The van der Waals surface area contributed by atoms with Gasteiger partial charge in [-0.2, -0.15) is 0 Å². The molecule has 0 atom stereocenters. The van der Waals surface area contributed by atoms with Crippen LogP contribution in [0.2, 0.25) is 0 Å². The predicted octanol–water partition coefficient (Wildman–Crippen LogP) is 3.20. The fourth-order valence-corrected chi connectivity index (χ4v) is 1.09. The maximum Gasteiger partial charge on any atom is 0.0701 e. The van der Waals surface area contributed by atoms with Crippen molar-refractivity contribution in [2.24, 2.45) is 4.99 Å². The van der Waals surface area contributed by atoms with E-state index in [0.29, 0.717) is 0 Å². The molecule has 1 heteroatoms. The first-order valence-corrected chi connectivity index (χ1v) is 4.15. The summed E-state index contributed by atoms with van der Waals surface area (Å²) in [5, 5.41) is 0. The molecule has 0 N–H and O–H groups in total. The zero-order valence-corrected chi connectivity index (χ0v) is 7.83. The second kappa shape index (κ2) is 4.41. The quantitative estimate of drug-likeness (QED) is 0.605. The normalized spacial score (nSPS) is 21.0. The third kappa shape index (κ3) is 2.71.